The molecule has 19 heavy (non-hydrogen) atoms. The first-order valence-corrected chi connectivity index (χ1v) is 6.90. The smallest absolute Gasteiger partial charge is 0.220 e. The van der Waals surface area contributed by atoms with E-state index >= 15 is 0 Å². The maximum atomic E-state index is 11.8. The highest BCUT2D eigenvalue weighted by Crippen LogP contribution is 2.11. The quantitative estimate of drug-likeness (QED) is 0.791. The van der Waals surface area contributed by atoms with E-state index in [1.54, 1.807) is 0 Å². The normalized spacial score (nSPS) is 11.4. The Kier molecular flexibility index (Phi) is 6.03. The Morgan fingerprint density at radius 2 is 1.79 bits per heavy atom. The van der Waals surface area contributed by atoms with E-state index in [1.165, 1.54) is 11.1 Å². The summed E-state index contributed by atoms with van der Waals surface area (Å²) in [4.78, 5) is 11.8. The van der Waals surface area contributed by atoms with Crippen LogP contribution in [0.15, 0.2) is 24.3 Å². The van der Waals surface area contributed by atoms with Gasteiger partial charge in [-0.3, -0.25) is 4.79 Å². The molecule has 0 fully saturated rings. The van der Waals surface area contributed by atoms with Crippen LogP contribution in [0.3, 0.4) is 0 Å². The number of nitrogens with one attached hydrogen (secondary N) is 2. The van der Waals surface area contributed by atoms with E-state index in [0.29, 0.717) is 13.0 Å². The minimum absolute atomic E-state index is 0.0915. The Labute approximate surface area is 116 Å². The Morgan fingerprint density at radius 1 is 1.16 bits per heavy atom. The zero-order chi connectivity index (χ0) is 14.3. The lowest BCUT2D eigenvalue weighted by Crippen LogP contribution is -2.39. The van der Waals surface area contributed by atoms with Gasteiger partial charge in [0.1, 0.15) is 0 Å². The van der Waals surface area contributed by atoms with Gasteiger partial charge in [0.25, 0.3) is 0 Å². The van der Waals surface area contributed by atoms with E-state index in [9.17, 15) is 4.79 Å². The molecular formula is C16H26N2O. The molecule has 2 N–H and O–H groups in total. The summed E-state index contributed by atoms with van der Waals surface area (Å²) in [5.74, 6) is 0.129. The number of benzene rings is 1. The van der Waals surface area contributed by atoms with Gasteiger partial charge in [-0.2, -0.15) is 0 Å². The van der Waals surface area contributed by atoms with Gasteiger partial charge in [-0.05, 0) is 31.4 Å². The molecule has 0 saturated carbocycles. The van der Waals surface area contributed by atoms with E-state index in [2.05, 4.69) is 55.7 Å². The van der Waals surface area contributed by atoms with Gasteiger partial charge in [-0.15, -0.1) is 0 Å². The molecule has 3 nitrogen and oxygen atoms in total. The molecule has 1 amide bonds. The zero-order valence-corrected chi connectivity index (χ0v) is 12.5. The molecule has 0 saturated heterocycles. The highest BCUT2D eigenvalue weighted by atomic mass is 16.1. The fraction of sp³-hybridized carbons (Fsp3) is 0.562. The van der Waals surface area contributed by atoms with Crippen LogP contribution < -0.4 is 10.6 Å². The first-order chi connectivity index (χ1) is 8.93. The SMILES string of the molecule is CNCC(C)(C)CNC(=O)CCc1ccc(C)cc1. The number of rotatable bonds is 7. The lowest BCUT2D eigenvalue weighted by atomic mass is 9.93. The van der Waals surface area contributed by atoms with Crippen molar-refractivity contribution in [2.24, 2.45) is 5.41 Å². The molecule has 0 bridgehead atoms. The van der Waals surface area contributed by atoms with Crippen molar-refractivity contribution in [2.45, 2.75) is 33.6 Å². The van der Waals surface area contributed by atoms with Crippen LogP contribution in [0, 0.1) is 12.3 Å². The Morgan fingerprint density at radius 3 is 2.37 bits per heavy atom. The van der Waals surface area contributed by atoms with Crippen LogP contribution in [-0.2, 0) is 11.2 Å². The Hall–Kier alpha value is -1.35. The van der Waals surface area contributed by atoms with Crippen molar-refractivity contribution in [3.63, 3.8) is 0 Å². The largest absolute Gasteiger partial charge is 0.356 e. The molecule has 0 unspecified atom stereocenters. The number of carbonyl (C=O) groups is 1. The van der Waals surface area contributed by atoms with Gasteiger partial charge in [0.05, 0.1) is 0 Å². The average Bonchev–Trinajstić information content (AvgIpc) is 2.36. The van der Waals surface area contributed by atoms with E-state index in [1.807, 2.05) is 7.05 Å². The number of hydrogen-bond donors (Lipinski definition) is 2. The number of amides is 1. The molecule has 0 aliphatic rings. The molecule has 0 aliphatic heterocycles. The van der Waals surface area contributed by atoms with Crippen LogP contribution in [0.2, 0.25) is 0 Å². The second-order valence-corrected chi connectivity index (χ2v) is 5.96. The molecule has 1 aromatic rings. The molecule has 1 rings (SSSR count). The number of hydrogen-bond acceptors (Lipinski definition) is 2. The number of aryl methyl sites for hydroxylation is 2. The first-order valence-electron chi connectivity index (χ1n) is 6.90. The van der Waals surface area contributed by atoms with Crippen LogP contribution in [0.5, 0.6) is 0 Å². The summed E-state index contributed by atoms with van der Waals surface area (Å²) < 4.78 is 0. The molecule has 1 aromatic carbocycles. The topological polar surface area (TPSA) is 41.1 Å². The average molecular weight is 262 g/mol. The van der Waals surface area contributed by atoms with E-state index in [4.69, 9.17) is 0 Å². The predicted octanol–water partition coefficient (Wildman–Crippen LogP) is 2.29. The van der Waals surface area contributed by atoms with Crippen molar-refractivity contribution in [1.82, 2.24) is 10.6 Å². The standard InChI is InChI=1S/C16H26N2O/c1-13-5-7-14(8-6-13)9-10-15(19)18-12-16(2,3)11-17-4/h5-8,17H,9-12H2,1-4H3,(H,18,19). The van der Waals surface area contributed by atoms with Crippen LogP contribution >= 0.6 is 0 Å². The summed E-state index contributed by atoms with van der Waals surface area (Å²) in [7, 11) is 1.93. The van der Waals surface area contributed by atoms with Crippen molar-refractivity contribution in [3.8, 4) is 0 Å². The maximum Gasteiger partial charge on any atom is 0.220 e. The summed E-state index contributed by atoms with van der Waals surface area (Å²) in [6, 6.07) is 8.35. The highest BCUT2D eigenvalue weighted by Gasteiger charge is 2.17. The first kappa shape index (κ1) is 15.7. The van der Waals surface area contributed by atoms with Crippen molar-refractivity contribution >= 4 is 5.91 Å². The lowest BCUT2D eigenvalue weighted by molar-refractivity contribution is -0.121. The molecule has 0 aliphatic carbocycles. The summed E-state index contributed by atoms with van der Waals surface area (Å²) >= 11 is 0. The summed E-state index contributed by atoms with van der Waals surface area (Å²) in [5.41, 5.74) is 2.56. The second kappa shape index (κ2) is 7.29. The zero-order valence-electron chi connectivity index (χ0n) is 12.5. The van der Waals surface area contributed by atoms with Crippen LogP contribution in [0.1, 0.15) is 31.4 Å². The molecule has 0 aromatic heterocycles. The van der Waals surface area contributed by atoms with Crippen LogP contribution in [-0.4, -0.2) is 26.0 Å². The number of carbonyl (C=O) groups excluding carboxylic acids is 1. The van der Waals surface area contributed by atoms with Crippen molar-refractivity contribution in [3.05, 3.63) is 35.4 Å². The molecule has 106 valence electrons. The van der Waals surface area contributed by atoms with E-state index in [-0.39, 0.29) is 11.3 Å². The minimum atomic E-state index is 0.0915. The molecule has 0 radical (unpaired) electrons. The predicted molar refractivity (Wildman–Crippen MR) is 80.2 cm³/mol. The maximum absolute atomic E-state index is 11.8. The third kappa shape index (κ3) is 6.39. The summed E-state index contributed by atoms with van der Waals surface area (Å²) in [6.45, 7) is 7.96. The molecule has 3 heteroatoms. The third-order valence-corrected chi connectivity index (χ3v) is 3.18. The molecule has 0 heterocycles. The van der Waals surface area contributed by atoms with Crippen molar-refractivity contribution in [2.75, 3.05) is 20.1 Å². The molecular weight excluding hydrogens is 236 g/mol. The highest BCUT2D eigenvalue weighted by molar-refractivity contribution is 5.76. The van der Waals surface area contributed by atoms with E-state index < -0.39 is 0 Å². The molecule has 0 spiro atoms. The summed E-state index contributed by atoms with van der Waals surface area (Å²) in [6.07, 6.45) is 1.36. The van der Waals surface area contributed by atoms with Crippen LogP contribution in [0.25, 0.3) is 0 Å². The van der Waals surface area contributed by atoms with Gasteiger partial charge in [-0.1, -0.05) is 43.7 Å². The minimum Gasteiger partial charge on any atom is -0.356 e. The van der Waals surface area contributed by atoms with Gasteiger partial charge >= 0.3 is 0 Å². The van der Waals surface area contributed by atoms with Gasteiger partial charge in [0, 0.05) is 19.5 Å². The fourth-order valence-electron chi connectivity index (χ4n) is 1.98. The Balaban J connectivity index is 2.30. The fourth-order valence-corrected chi connectivity index (χ4v) is 1.98. The van der Waals surface area contributed by atoms with Gasteiger partial charge in [0.2, 0.25) is 5.91 Å². The molecule has 0 atom stereocenters. The monoisotopic (exact) mass is 262 g/mol. The Bertz CT molecular complexity index is 396. The van der Waals surface area contributed by atoms with E-state index in [0.717, 1.165) is 13.0 Å². The van der Waals surface area contributed by atoms with Crippen molar-refractivity contribution < 1.29 is 4.79 Å². The van der Waals surface area contributed by atoms with Gasteiger partial charge in [0.15, 0.2) is 0 Å². The van der Waals surface area contributed by atoms with Crippen LogP contribution in [0.4, 0.5) is 0 Å². The lowest BCUT2D eigenvalue weighted by Gasteiger charge is -2.24. The van der Waals surface area contributed by atoms with Gasteiger partial charge in [-0.25, -0.2) is 0 Å². The second-order valence-electron chi connectivity index (χ2n) is 5.96. The van der Waals surface area contributed by atoms with Gasteiger partial charge < -0.3 is 10.6 Å². The third-order valence-electron chi connectivity index (χ3n) is 3.18. The van der Waals surface area contributed by atoms with Crippen molar-refractivity contribution in [1.29, 1.82) is 0 Å². The summed E-state index contributed by atoms with van der Waals surface area (Å²) in [5, 5.41) is 6.15.